The summed E-state index contributed by atoms with van der Waals surface area (Å²) in [5.74, 6) is 1.63. The minimum absolute atomic E-state index is 0.803. The second-order valence-corrected chi connectivity index (χ2v) is 7.76. The Kier molecular flexibility index (Phi) is 6.40. The molecule has 0 saturated carbocycles. The molecule has 0 aromatic heterocycles. The van der Waals surface area contributed by atoms with E-state index in [-0.39, 0.29) is 0 Å². The molecule has 5 rings (SSSR count). The number of rotatable bonds is 8. The first-order valence-corrected chi connectivity index (χ1v) is 11.2. The highest BCUT2D eigenvalue weighted by Gasteiger charge is 2.09. The van der Waals surface area contributed by atoms with Crippen molar-refractivity contribution in [2.45, 2.75) is 0 Å². The quantitative estimate of drug-likeness (QED) is 0.236. The van der Waals surface area contributed by atoms with Gasteiger partial charge in [0.15, 0.2) is 0 Å². The minimum Gasteiger partial charge on any atom is -0.457 e. The fraction of sp³-hybridized carbons (Fsp3) is 0. The van der Waals surface area contributed by atoms with E-state index in [1.807, 2.05) is 91.0 Å². The number of para-hydroxylation sites is 3. The van der Waals surface area contributed by atoms with Crippen molar-refractivity contribution in [1.29, 1.82) is 0 Å². The molecule has 0 bridgehead atoms. The molecule has 2 N–H and O–H groups in total. The van der Waals surface area contributed by atoms with E-state index in [0.717, 1.165) is 39.9 Å². The van der Waals surface area contributed by atoms with Crippen LogP contribution in [0.25, 0.3) is 0 Å². The summed E-state index contributed by atoms with van der Waals surface area (Å²) in [5.41, 5.74) is 8.62. The Hall–Kier alpha value is -4.70. The van der Waals surface area contributed by atoms with Crippen LogP contribution in [-0.2, 0) is 0 Å². The maximum atomic E-state index is 5.88. The van der Waals surface area contributed by atoms with E-state index < -0.39 is 0 Å². The van der Waals surface area contributed by atoms with Crippen LogP contribution in [0, 0.1) is 0 Å². The van der Waals surface area contributed by atoms with E-state index in [9.17, 15) is 0 Å². The predicted octanol–water partition coefficient (Wildman–Crippen LogP) is 8.39. The van der Waals surface area contributed by atoms with Gasteiger partial charge in [0, 0.05) is 11.4 Å². The molecule has 5 aromatic rings. The number of anilines is 5. The van der Waals surface area contributed by atoms with Crippen LogP contribution in [0.5, 0.6) is 11.5 Å². The summed E-state index contributed by atoms with van der Waals surface area (Å²) in [6.45, 7) is 0. The molecule has 4 nitrogen and oxygen atoms in total. The van der Waals surface area contributed by atoms with Crippen LogP contribution >= 0.6 is 0 Å². The van der Waals surface area contributed by atoms with E-state index in [2.05, 4.69) is 64.3 Å². The first-order chi connectivity index (χ1) is 16.8. The highest BCUT2D eigenvalue weighted by Crippen LogP contribution is 2.29. The molecule has 0 atom stereocenters. The van der Waals surface area contributed by atoms with Crippen LogP contribution in [0.15, 0.2) is 140 Å². The number of hydrogen-bond donors (Lipinski definition) is 2. The normalized spacial score (nSPS) is 10.4. The first kappa shape index (κ1) is 21.2. The fourth-order valence-electron chi connectivity index (χ4n) is 3.59. The average molecular weight is 444 g/mol. The van der Waals surface area contributed by atoms with Crippen molar-refractivity contribution in [2.24, 2.45) is 0 Å². The Morgan fingerprint density at radius 1 is 0.412 bits per heavy atom. The topological polar surface area (TPSA) is 36.5 Å². The van der Waals surface area contributed by atoms with Crippen LogP contribution in [0.4, 0.5) is 28.4 Å². The van der Waals surface area contributed by atoms with Crippen molar-refractivity contribution < 1.29 is 4.74 Å². The zero-order valence-corrected chi connectivity index (χ0v) is 18.6. The van der Waals surface area contributed by atoms with Gasteiger partial charge in [-0.25, -0.2) is 0 Å². The van der Waals surface area contributed by atoms with Gasteiger partial charge in [0.1, 0.15) is 11.5 Å². The first-order valence-electron chi connectivity index (χ1n) is 11.2. The number of ether oxygens (including phenoxy) is 1. The average Bonchev–Trinajstić information content (AvgIpc) is 2.91. The second kappa shape index (κ2) is 10.3. The van der Waals surface area contributed by atoms with E-state index in [1.54, 1.807) is 0 Å². The molecule has 0 unspecified atom stereocenters. The van der Waals surface area contributed by atoms with Crippen LogP contribution in [0.2, 0.25) is 0 Å². The predicted molar refractivity (Wildman–Crippen MR) is 141 cm³/mol. The van der Waals surface area contributed by atoms with Crippen molar-refractivity contribution in [3.63, 3.8) is 0 Å². The fourth-order valence-corrected chi connectivity index (χ4v) is 3.59. The Bertz CT molecular complexity index is 1290. The SMILES string of the molecule is c1ccc(NN(c2ccccc2)c2ccc(Nc3ccc(Oc4ccccc4)cc3)cc2)cc1. The number of nitrogens with zero attached hydrogens (tertiary/aromatic N) is 1. The number of benzene rings is 5. The smallest absolute Gasteiger partial charge is 0.127 e. The lowest BCUT2D eigenvalue weighted by molar-refractivity contribution is 0.483. The van der Waals surface area contributed by atoms with Crippen molar-refractivity contribution in [1.82, 2.24) is 0 Å². The van der Waals surface area contributed by atoms with Crippen molar-refractivity contribution in [3.8, 4) is 11.5 Å². The van der Waals surface area contributed by atoms with E-state index in [1.165, 1.54) is 0 Å². The lowest BCUT2D eigenvalue weighted by Crippen LogP contribution is -2.24. The molecule has 0 fully saturated rings. The Balaban J connectivity index is 1.30. The number of hydrazine groups is 1. The third-order valence-electron chi connectivity index (χ3n) is 5.28. The standard InChI is InChI=1S/C30H25N3O/c1-4-10-26(11-5-1)32-33(27-12-6-2-7-13-27)28-20-16-24(17-21-28)31-25-18-22-30(23-19-25)34-29-14-8-3-9-15-29/h1-23,31-32H. The zero-order chi connectivity index (χ0) is 23.0. The van der Waals surface area contributed by atoms with Gasteiger partial charge in [-0.05, 0) is 84.9 Å². The van der Waals surface area contributed by atoms with Gasteiger partial charge in [0.05, 0.1) is 17.1 Å². The molecule has 0 amide bonds. The minimum atomic E-state index is 0.803. The summed E-state index contributed by atoms with van der Waals surface area (Å²) in [6.07, 6.45) is 0. The van der Waals surface area contributed by atoms with Gasteiger partial charge in [-0.15, -0.1) is 0 Å². The highest BCUT2D eigenvalue weighted by atomic mass is 16.5. The largest absolute Gasteiger partial charge is 0.457 e. The zero-order valence-electron chi connectivity index (χ0n) is 18.6. The Labute approximate surface area is 200 Å². The van der Waals surface area contributed by atoms with E-state index >= 15 is 0 Å². The van der Waals surface area contributed by atoms with Gasteiger partial charge in [0.25, 0.3) is 0 Å². The van der Waals surface area contributed by atoms with Crippen LogP contribution < -0.4 is 20.5 Å². The van der Waals surface area contributed by atoms with E-state index in [0.29, 0.717) is 0 Å². The van der Waals surface area contributed by atoms with Gasteiger partial charge >= 0.3 is 0 Å². The third kappa shape index (κ3) is 5.37. The molecule has 0 aliphatic carbocycles. The van der Waals surface area contributed by atoms with Crippen LogP contribution in [-0.4, -0.2) is 0 Å². The molecule has 0 aliphatic heterocycles. The van der Waals surface area contributed by atoms with Gasteiger partial charge in [-0.3, -0.25) is 10.4 Å². The second-order valence-electron chi connectivity index (χ2n) is 7.76. The molecular formula is C30H25N3O. The van der Waals surface area contributed by atoms with Crippen molar-refractivity contribution in [2.75, 3.05) is 15.8 Å². The maximum absolute atomic E-state index is 5.88. The lowest BCUT2D eigenvalue weighted by atomic mass is 10.2. The van der Waals surface area contributed by atoms with Gasteiger partial charge in [0.2, 0.25) is 0 Å². The molecule has 0 radical (unpaired) electrons. The highest BCUT2D eigenvalue weighted by molar-refractivity contribution is 5.71. The van der Waals surface area contributed by atoms with Crippen molar-refractivity contribution in [3.05, 3.63) is 140 Å². The molecule has 0 aliphatic rings. The van der Waals surface area contributed by atoms with Gasteiger partial charge < -0.3 is 10.1 Å². The molecule has 0 heterocycles. The summed E-state index contributed by atoms with van der Waals surface area (Å²) in [7, 11) is 0. The van der Waals surface area contributed by atoms with Gasteiger partial charge in [-0.1, -0.05) is 54.6 Å². The molecule has 5 aromatic carbocycles. The molecule has 166 valence electrons. The van der Waals surface area contributed by atoms with E-state index in [4.69, 9.17) is 4.74 Å². The van der Waals surface area contributed by atoms with Crippen molar-refractivity contribution >= 4 is 28.4 Å². The monoisotopic (exact) mass is 443 g/mol. The Morgan fingerprint density at radius 2 is 0.882 bits per heavy atom. The third-order valence-corrected chi connectivity index (χ3v) is 5.28. The summed E-state index contributed by atoms with van der Waals surface area (Å²) in [4.78, 5) is 0. The lowest BCUT2D eigenvalue weighted by Gasteiger charge is -2.27. The maximum Gasteiger partial charge on any atom is 0.127 e. The summed E-state index contributed by atoms with van der Waals surface area (Å²) >= 11 is 0. The summed E-state index contributed by atoms with van der Waals surface area (Å²) in [6, 6.07) is 46.5. The number of nitrogens with one attached hydrogen (secondary N) is 2. The van der Waals surface area contributed by atoms with Gasteiger partial charge in [-0.2, -0.15) is 0 Å². The molecule has 0 spiro atoms. The molecule has 4 heteroatoms. The number of hydrogen-bond acceptors (Lipinski definition) is 4. The van der Waals surface area contributed by atoms with Crippen LogP contribution in [0.1, 0.15) is 0 Å². The summed E-state index contributed by atoms with van der Waals surface area (Å²) < 4.78 is 5.88. The Morgan fingerprint density at radius 3 is 1.50 bits per heavy atom. The molecule has 0 saturated heterocycles. The summed E-state index contributed by atoms with van der Waals surface area (Å²) in [5, 5.41) is 5.53. The molecular weight excluding hydrogens is 418 g/mol. The molecule has 34 heavy (non-hydrogen) atoms. The van der Waals surface area contributed by atoms with Crippen LogP contribution in [0.3, 0.4) is 0 Å².